The van der Waals surface area contributed by atoms with Gasteiger partial charge in [0.15, 0.2) is 11.4 Å². The summed E-state index contributed by atoms with van der Waals surface area (Å²) in [4.78, 5) is 28.9. The van der Waals surface area contributed by atoms with E-state index in [2.05, 4.69) is 15.3 Å². The van der Waals surface area contributed by atoms with Crippen LogP contribution in [0.4, 0.5) is 0 Å². The molecule has 0 saturated carbocycles. The molecule has 8 nitrogen and oxygen atoms in total. The second-order valence-electron chi connectivity index (χ2n) is 9.26. The molecule has 3 aromatic carbocycles. The standard InChI is InChI=1S/C30H28ClN5O3/c1-20(22-12-7-4-8-13-22)36(18-25(31)23-14-9-15-26-24(23)16-33-35(26)2)30(38)28-29(37)27(17-32-34-28)39-19-21-10-5-3-6-11-21/h3-17,20,25H,18-19H2,1-2H3,(H,32,37)/t20-,25?/m0/s1. The van der Waals surface area contributed by atoms with Crippen LogP contribution < -0.4 is 10.2 Å². The number of amides is 1. The molecule has 5 aromatic rings. The molecule has 2 heterocycles. The molecule has 0 aliphatic heterocycles. The Balaban J connectivity index is 1.47. The molecule has 0 aliphatic carbocycles. The van der Waals surface area contributed by atoms with Gasteiger partial charge < -0.3 is 9.64 Å². The summed E-state index contributed by atoms with van der Waals surface area (Å²) in [5.41, 5.74) is 2.75. The van der Waals surface area contributed by atoms with E-state index >= 15 is 0 Å². The van der Waals surface area contributed by atoms with Gasteiger partial charge in [-0.3, -0.25) is 19.4 Å². The predicted molar refractivity (Wildman–Crippen MR) is 151 cm³/mol. The number of aryl methyl sites for hydroxylation is 1. The molecule has 1 unspecified atom stereocenters. The third-order valence-electron chi connectivity index (χ3n) is 6.78. The van der Waals surface area contributed by atoms with Gasteiger partial charge in [0, 0.05) is 19.0 Å². The number of ether oxygens (including phenoxy) is 1. The number of aromatic nitrogens is 4. The van der Waals surface area contributed by atoms with Gasteiger partial charge in [-0.1, -0.05) is 72.8 Å². The molecule has 198 valence electrons. The Hall–Kier alpha value is -4.43. The second kappa shape index (κ2) is 11.5. The third-order valence-corrected chi connectivity index (χ3v) is 7.15. The first kappa shape index (κ1) is 26.2. The average molecular weight is 542 g/mol. The van der Waals surface area contributed by atoms with Crippen molar-refractivity contribution in [1.82, 2.24) is 24.9 Å². The van der Waals surface area contributed by atoms with Crippen LogP contribution >= 0.6 is 11.6 Å². The van der Waals surface area contributed by atoms with Crippen LogP contribution in [0.2, 0.25) is 0 Å². The van der Waals surface area contributed by atoms with E-state index in [1.165, 1.54) is 6.20 Å². The van der Waals surface area contributed by atoms with Crippen molar-refractivity contribution in [3.63, 3.8) is 0 Å². The van der Waals surface area contributed by atoms with Crippen molar-refractivity contribution in [1.29, 1.82) is 0 Å². The van der Waals surface area contributed by atoms with Crippen molar-refractivity contribution in [2.24, 2.45) is 7.05 Å². The summed E-state index contributed by atoms with van der Waals surface area (Å²) in [5, 5.41) is 11.4. The van der Waals surface area contributed by atoms with E-state index in [9.17, 15) is 9.59 Å². The van der Waals surface area contributed by atoms with Crippen molar-refractivity contribution < 1.29 is 9.53 Å². The smallest absolute Gasteiger partial charge is 0.279 e. The Morgan fingerprint density at radius 1 is 1.05 bits per heavy atom. The summed E-state index contributed by atoms with van der Waals surface area (Å²) >= 11 is 6.98. The summed E-state index contributed by atoms with van der Waals surface area (Å²) in [5.74, 6) is -0.520. The Morgan fingerprint density at radius 2 is 1.77 bits per heavy atom. The van der Waals surface area contributed by atoms with Gasteiger partial charge in [-0.25, -0.2) is 0 Å². The summed E-state index contributed by atoms with van der Waals surface area (Å²) in [6.45, 7) is 2.23. The van der Waals surface area contributed by atoms with Crippen molar-refractivity contribution in [3.8, 4) is 5.75 Å². The van der Waals surface area contributed by atoms with Crippen LogP contribution in [0.5, 0.6) is 5.75 Å². The molecule has 1 N–H and O–H groups in total. The summed E-state index contributed by atoms with van der Waals surface area (Å²) in [7, 11) is 1.87. The van der Waals surface area contributed by atoms with Crippen LogP contribution in [0.3, 0.4) is 0 Å². The van der Waals surface area contributed by atoms with Crippen LogP contribution in [0.1, 0.15) is 45.5 Å². The van der Waals surface area contributed by atoms with Gasteiger partial charge in [0.25, 0.3) is 11.3 Å². The summed E-state index contributed by atoms with van der Waals surface area (Å²) < 4.78 is 7.53. The van der Waals surface area contributed by atoms with Gasteiger partial charge in [0.05, 0.1) is 29.3 Å². The molecular formula is C30H28ClN5O3. The molecule has 0 bridgehead atoms. The number of rotatable bonds is 9. The molecular weight excluding hydrogens is 514 g/mol. The molecule has 0 saturated heterocycles. The van der Waals surface area contributed by atoms with Gasteiger partial charge >= 0.3 is 0 Å². The van der Waals surface area contributed by atoms with Crippen molar-refractivity contribution in [3.05, 3.63) is 124 Å². The van der Waals surface area contributed by atoms with Crippen LogP contribution in [0, 0.1) is 0 Å². The fourth-order valence-electron chi connectivity index (χ4n) is 4.58. The maximum absolute atomic E-state index is 14.0. The largest absolute Gasteiger partial charge is 0.483 e. The maximum atomic E-state index is 14.0. The number of halogens is 1. The highest BCUT2D eigenvalue weighted by molar-refractivity contribution is 6.22. The molecule has 0 aliphatic rings. The van der Waals surface area contributed by atoms with Crippen LogP contribution in [0.25, 0.3) is 10.9 Å². The number of aromatic amines is 1. The first-order chi connectivity index (χ1) is 18.9. The SMILES string of the molecule is C[C@@H](c1ccccc1)N(CC(Cl)c1cccc2c1cnn2C)C(=O)c1n[nH]cc(OCc2ccccc2)c1=O. The Labute approximate surface area is 230 Å². The topological polar surface area (TPSA) is 93.1 Å². The van der Waals surface area contributed by atoms with E-state index in [-0.39, 0.29) is 30.6 Å². The highest BCUT2D eigenvalue weighted by Gasteiger charge is 2.30. The number of hydrogen-bond acceptors (Lipinski definition) is 5. The number of H-pyrrole nitrogens is 1. The van der Waals surface area contributed by atoms with Crippen molar-refractivity contribution in [2.45, 2.75) is 24.9 Å². The zero-order valence-corrected chi connectivity index (χ0v) is 22.4. The number of hydrogen-bond donors (Lipinski definition) is 1. The molecule has 2 aromatic heterocycles. The lowest BCUT2D eigenvalue weighted by Crippen LogP contribution is -2.39. The number of nitrogens with one attached hydrogen (secondary N) is 1. The van der Waals surface area contributed by atoms with E-state index in [1.54, 1.807) is 15.8 Å². The monoisotopic (exact) mass is 541 g/mol. The number of alkyl halides is 1. The number of carbonyl (C=O) groups excluding carboxylic acids is 1. The number of nitrogens with zero attached hydrogens (tertiary/aromatic N) is 4. The van der Waals surface area contributed by atoms with E-state index < -0.39 is 16.7 Å². The van der Waals surface area contributed by atoms with Gasteiger partial charge in [0.2, 0.25) is 0 Å². The molecule has 0 spiro atoms. The lowest BCUT2D eigenvalue weighted by atomic mass is 10.0. The lowest BCUT2D eigenvalue weighted by Gasteiger charge is -2.31. The quantitative estimate of drug-likeness (QED) is 0.252. The normalized spacial score (nSPS) is 12.7. The molecule has 0 fully saturated rings. The Bertz CT molecular complexity index is 1640. The molecule has 5 rings (SSSR count). The number of carbonyl (C=O) groups is 1. The van der Waals surface area contributed by atoms with Crippen LogP contribution in [-0.2, 0) is 13.7 Å². The fourth-order valence-corrected chi connectivity index (χ4v) is 4.92. The van der Waals surface area contributed by atoms with E-state index in [4.69, 9.17) is 16.3 Å². The van der Waals surface area contributed by atoms with Crippen LogP contribution in [0.15, 0.2) is 96.1 Å². The first-order valence-electron chi connectivity index (χ1n) is 12.6. The fraction of sp³-hybridized carbons (Fsp3) is 0.200. The molecule has 0 radical (unpaired) electrons. The maximum Gasteiger partial charge on any atom is 0.279 e. The van der Waals surface area contributed by atoms with E-state index in [0.717, 1.165) is 27.6 Å². The molecule has 1 amide bonds. The minimum atomic E-state index is -0.583. The third kappa shape index (κ3) is 5.56. The van der Waals surface area contributed by atoms with Crippen LogP contribution in [-0.4, -0.2) is 37.3 Å². The van der Waals surface area contributed by atoms with Crippen molar-refractivity contribution >= 4 is 28.4 Å². The highest BCUT2D eigenvalue weighted by atomic mass is 35.5. The zero-order valence-electron chi connectivity index (χ0n) is 21.6. The second-order valence-corrected chi connectivity index (χ2v) is 9.79. The van der Waals surface area contributed by atoms with E-state index in [1.807, 2.05) is 92.8 Å². The minimum absolute atomic E-state index is 0.0204. The Kier molecular flexibility index (Phi) is 7.74. The lowest BCUT2D eigenvalue weighted by molar-refractivity contribution is 0.0680. The Morgan fingerprint density at radius 3 is 2.51 bits per heavy atom. The zero-order chi connectivity index (χ0) is 27.4. The number of benzene rings is 3. The van der Waals surface area contributed by atoms with Gasteiger partial charge in [0.1, 0.15) is 6.61 Å². The summed E-state index contributed by atoms with van der Waals surface area (Å²) in [6, 6.07) is 24.5. The van der Waals surface area contributed by atoms with E-state index in [0.29, 0.717) is 0 Å². The first-order valence-corrected chi connectivity index (χ1v) is 13.0. The minimum Gasteiger partial charge on any atom is -0.483 e. The average Bonchev–Trinajstić information content (AvgIpc) is 3.36. The van der Waals surface area contributed by atoms with Gasteiger partial charge in [-0.05, 0) is 29.7 Å². The molecule has 9 heteroatoms. The summed E-state index contributed by atoms with van der Waals surface area (Å²) in [6.07, 6.45) is 3.13. The molecule has 2 atom stereocenters. The highest BCUT2D eigenvalue weighted by Crippen LogP contribution is 2.32. The van der Waals surface area contributed by atoms with Crippen molar-refractivity contribution in [2.75, 3.05) is 6.54 Å². The predicted octanol–water partition coefficient (Wildman–Crippen LogP) is 5.42. The molecule has 39 heavy (non-hydrogen) atoms. The number of fused-ring (bicyclic) bond motifs is 1. The van der Waals surface area contributed by atoms with Gasteiger partial charge in [-0.15, -0.1) is 11.6 Å². The van der Waals surface area contributed by atoms with Gasteiger partial charge in [-0.2, -0.15) is 10.2 Å².